The van der Waals surface area contributed by atoms with Crippen molar-refractivity contribution in [1.82, 2.24) is 23.2 Å². The summed E-state index contributed by atoms with van der Waals surface area (Å²) in [5.41, 5.74) is 1.18. The standard InChI is InChI=1S/C5H3ClIN5/c1-2-8-4(6)3-5(9-2)12(7)11-10-3/h1H3. The van der Waals surface area contributed by atoms with Crippen molar-refractivity contribution in [3.63, 3.8) is 0 Å². The Morgan fingerprint density at radius 1 is 1.42 bits per heavy atom. The van der Waals surface area contributed by atoms with Crippen LogP contribution in [0.25, 0.3) is 11.2 Å². The van der Waals surface area contributed by atoms with Crippen molar-refractivity contribution in [2.75, 3.05) is 0 Å². The van der Waals surface area contributed by atoms with Gasteiger partial charge in [-0.25, -0.2) is 9.97 Å². The number of fused-ring (bicyclic) bond motifs is 1. The van der Waals surface area contributed by atoms with Gasteiger partial charge in [-0.1, -0.05) is 16.8 Å². The smallest absolute Gasteiger partial charge is 0.193 e. The number of aryl methyl sites for hydroxylation is 1. The van der Waals surface area contributed by atoms with Gasteiger partial charge in [-0.2, -0.15) is 2.90 Å². The summed E-state index contributed by atoms with van der Waals surface area (Å²) < 4.78 is 1.54. The molecule has 0 bridgehead atoms. The molecule has 0 amide bonds. The molecule has 7 heteroatoms. The van der Waals surface area contributed by atoms with Gasteiger partial charge in [0.1, 0.15) is 5.82 Å². The highest BCUT2D eigenvalue weighted by Crippen LogP contribution is 2.17. The first kappa shape index (κ1) is 8.11. The van der Waals surface area contributed by atoms with E-state index in [0.29, 0.717) is 22.1 Å². The summed E-state index contributed by atoms with van der Waals surface area (Å²) >= 11 is 7.79. The van der Waals surface area contributed by atoms with Crippen molar-refractivity contribution in [3.8, 4) is 0 Å². The second kappa shape index (κ2) is 2.77. The van der Waals surface area contributed by atoms with Gasteiger partial charge in [-0.05, 0) is 6.92 Å². The highest BCUT2D eigenvalue weighted by molar-refractivity contribution is 14.1. The molecule has 2 heterocycles. The molecule has 0 spiro atoms. The van der Waals surface area contributed by atoms with Crippen LogP contribution in [0.2, 0.25) is 5.15 Å². The Balaban J connectivity index is 2.92. The van der Waals surface area contributed by atoms with Gasteiger partial charge in [0.2, 0.25) is 0 Å². The van der Waals surface area contributed by atoms with Crippen LogP contribution in [-0.4, -0.2) is 23.2 Å². The summed E-state index contributed by atoms with van der Waals surface area (Å²) in [6, 6.07) is 0. The minimum Gasteiger partial charge on any atom is -0.219 e. The maximum atomic E-state index is 5.81. The molecule has 2 aromatic heterocycles. The zero-order valence-corrected chi connectivity index (χ0v) is 8.91. The summed E-state index contributed by atoms with van der Waals surface area (Å²) in [7, 11) is 0. The molecule has 0 fully saturated rings. The van der Waals surface area contributed by atoms with Gasteiger partial charge in [0.25, 0.3) is 0 Å². The quantitative estimate of drug-likeness (QED) is 0.544. The van der Waals surface area contributed by atoms with Crippen LogP contribution in [0, 0.1) is 6.92 Å². The molecule has 0 aliphatic carbocycles. The summed E-state index contributed by atoms with van der Waals surface area (Å²) in [5.74, 6) is 0.618. The number of hydrogen-bond acceptors (Lipinski definition) is 4. The lowest BCUT2D eigenvalue weighted by atomic mass is 10.5. The summed E-state index contributed by atoms with van der Waals surface area (Å²) in [6.07, 6.45) is 0. The molecule has 0 saturated heterocycles. The van der Waals surface area contributed by atoms with E-state index in [-0.39, 0.29) is 0 Å². The Bertz CT molecular complexity index is 439. The molecule has 2 rings (SSSR count). The SMILES string of the molecule is Cc1nc(Cl)c2nnn(I)c2n1. The zero-order chi connectivity index (χ0) is 8.72. The van der Waals surface area contributed by atoms with Crippen molar-refractivity contribution in [1.29, 1.82) is 0 Å². The van der Waals surface area contributed by atoms with Crippen LogP contribution in [-0.2, 0) is 0 Å². The maximum absolute atomic E-state index is 5.81. The predicted octanol–water partition coefficient (Wildman–Crippen LogP) is 1.38. The van der Waals surface area contributed by atoms with Crippen molar-refractivity contribution in [2.45, 2.75) is 6.92 Å². The van der Waals surface area contributed by atoms with Gasteiger partial charge in [-0.3, -0.25) is 0 Å². The molecule has 2 aromatic rings. The molecule has 0 saturated carbocycles. The lowest BCUT2D eigenvalue weighted by molar-refractivity contribution is 0.931. The van der Waals surface area contributed by atoms with Gasteiger partial charge >= 0.3 is 0 Å². The molecule has 0 aromatic carbocycles. The number of rotatable bonds is 0. The van der Waals surface area contributed by atoms with E-state index in [0.717, 1.165) is 0 Å². The average molecular weight is 295 g/mol. The molecular weight excluding hydrogens is 292 g/mol. The Labute approximate surface area is 86.6 Å². The van der Waals surface area contributed by atoms with E-state index in [9.17, 15) is 0 Å². The van der Waals surface area contributed by atoms with E-state index < -0.39 is 0 Å². The fourth-order valence-electron chi connectivity index (χ4n) is 0.859. The van der Waals surface area contributed by atoms with Crippen LogP contribution < -0.4 is 0 Å². The van der Waals surface area contributed by atoms with Gasteiger partial charge in [-0.15, -0.1) is 5.10 Å². The molecular formula is C5H3ClIN5. The summed E-state index contributed by atoms with van der Waals surface area (Å²) in [6.45, 7) is 1.77. The third-order valence-corrected chi connectivity index (χ3v) is 2.25. The number of hydrogen-bond donors (Lipinski definition) is 0. The van der Waals surface area contributed by atoms with Crippen molar-refractivity contribution in [3.05, 3.63) is 11.0 Å². The second-order valence-electron chi connectivity index (χ2n) is 2.18. The molecule has 0 radical (unpaired) electrons. The Morgan fingerprint density at radius 2 is 2.17 bits per heavy atom. The molecule has 5 nitrogen and oxygen atoms in total. The van der Waals surface area contributed by atoms with Gasteiger partial charge in [0.05, 0.1) is 22.9 Å². The van der Waals surface area contributed by atoms with Crippen molar-refractivity contribution in [2.24, 2.45) is 0 Å². The van der Waals surface area contributed by atoms with Crippen LogP contribution in [0.15, 0.2) is 0 Å². The van der Waals surface area contributed by atoms with E-state index in [4.69, 9.17) is 11.6 Å². The monoisotopic (exact) mass is 295 g/mol. The van der Waals surface area contributed by atoms with Gasteiger partial charge in [0.15, 0.2) is 16.3 Å². The predicted molar refractivity (Wildman–Crippen MR) is 52.3 cm³/mol. The van der Waals surface area contributed by atoms with E-state index >= 15 is 0 Å². The first-order valence-electron chi connectivity index (χ1n) is 3.10. The van der Waals surface area contributed by atoms with E-state index in [1.807, 2.05) is 22.9 Å². The summed E-state index contributed by atoms with van der Waals surface area (Å²) in [5, 5.41) is 7.92. The minimum atomic E-state index is 0.348. The van der Waals surface area contributed by atoms with Crippen LogP contribution >= 0.6 is 34.5 Å². The highest BCUT2D eigenvalue weighted by Gasteiger charge is 2.09. The van der Waals surface area contributed by atoms with Crippen molar-refractivity contribution < 1.29 is 0 Å². The number of halogens is 2. The highest BCUT2D eigenvalue weighted by atomic mass is 127. The van der Waals surface area contributed by atoms with E-state index in [1.54, 1.807) is 6.92 Å². The lowest BCUT2D eigenvalue weighted by Gasteiger charge is -1.93. The normalized spacial score (nSPS) is 10.9. The minimum absolute atomic E-state index is 0.348. The fourth-order valence-corrected chi connectivity index (χ4v) is 1.54. The first-order chi connectivity index (χ1) is 5.68. The molecule has 0 unspecified atom stereocenters. The Kier molecular flexibility index (Phi) is 1.87. The third kappa shape index (κ3) is 1.14. The van der Waals surface area contributed by atoms with Crippen LogP contribution in [0.5, 0.6) is 0 Å². The first-order valence-corrected chi connectivity index (χ1v) is 4.44. The Morgan fingerprint density at radius 3 is 2.92 bits per heavy atom. The zero-order valence-electron chi connectivity index (χ0n) is 5.99. The van der Waals surface area contributed by atoms with Crippen LogP contribution in [0.4, 0.5) is 0 Å². The molecule has 62 valence electrons. The third-order valence-electron chi connectivity index (χ3n) is 1.33. The average Bonchev–Trinajstić information content (AvgIpc) is 2.33. The van der Waals surface area contributed by atoms with E-state index in [1.165, 1.54) is 2.90 Å². The maximum Gasteiger partial charge on any atom is 0.193 e. The number of aromatic nitrogens is 5. The van der Waals surface area contributed by atoms with E-state index in [2.05, 4.69) is 20.3 Å². The second-order valence-corrected chi connectivity index (χ2v) is 3.46. The molecule has 0 atom stereocenters. The van der Waals surface area contributed by atoms with Crippen LogP contribution in [0.1, 0.15) is 5.82 Å². The van der Waals surface area contributed by atoms with Crippen LogP contribution in [0.3, 0.4) is 0 Å². The fraction of sp³-hybridized carbons (Fsp3) is 0.200. The largest absolute Gasteiger partial charge is 0.219 e. The summed E-state index contributed by atoms with van der Waals surface area (Å²) in [4.78, 5) is 8.08. The molecule has 0 aliphatic rings. The van der Waals surface area contributed by atoms with Crippen molar-refractivity contribution >= 4 is 45.6 Å². The molecule has 0 N–H and O–H groups in total. The van der Waals surface area contributed by atoms with Gasteiger partial charge in [0, 0.05) is 0 Å². The Hall–Kier alpha value is -0.500. The van der Waals surface area contributed by atoms with Gasteiger partial charge < -0.3 is 0 Å². The number of nitrogens with zero attached hydrogens (tertiary/aromatic N) is 5. The topological polar surface area (TPSA) is 56.5 Å². The molecule has 0 aliphatic heterocycles. The molecule has 12 heavy (non-hydrogen) atoms. The lowest BCUT2D eigenvalue weighted by Crippen LogP contribution is -1.91.